The first-order valence-corrected chi connectivity index (χ1v) is 6.83. The van der Waals surface area contributed by atoms with E-state index in [0.29, 0.717) is 0 Å². The highest BCUT2D eigenvalue weighted by Crippen LogP contribution is 2.27. The zero-order valence-corrected chi connectivity index (χ0v) is 12.5. The van der Waals surface area contributed by atoms with Crippen molar-refractivity contribution in [1.29, 1.82) is 0 Å². The highest BCUT2D eigenvalue weighted by Gasteiger charge is 2.22. The number of carboxylic acids is 1. The molecule has 0 radical (unpaired) electrons. The number of carboxylic acid groups (broad SMARTS) is 1. The Morgan fingerprint density at radius 2 is 1.88 bits per heavy atom. The highest BCUT2D eigenvalue weighted by molar-refractivity contribution is 5.88. The fraction of sp³-hybridized carbons (Fsp3) is 0.125. The van der Waals surface area contributed by atoms with Crippen LogP contribution in [0.3, 0.4) is 0 Å². The van der Waals surface area contributed by atoms with Crippen LogP contribution in [0.5, 0.6) is 11.5 Å². The van der Waals surface area contributed by atoms with Crippen LogP contribution in [-0.4, -0.2) is 28.1 Å². The van der Waals surface area contributed by atoms with E-state index in [0.717, 1.165) is 0 Å². The van der Waals surface area contributed by atoms with E-state index < -0.39 is 23.0 Å². The number of hydrogen-bond acceptors (Lipinski definition) is 6. The fourth-order valence-corrected chi connectivity index (χ4v) is 1.84. The molecule has 0 bridgehead atoms. The topological polar surface area (TPSA) is 116 Å². The standard InChI is InChI=1S/C16H13NO7/c1-10(23-14-8-3-2-7-13(14)17(21)22)16(20)24-12-6-4-5-11(9-12)15(18)19/h2-10H,1H3,(H,18,19). The van der Waals surface area contributed by atoms with Gasteiger partial charge < -0.3 is 14.6 Å². The van der Waals surface area contributed by atoms with Gasteiger partial charge in [-0.3, -0.25) is 10.1 Å². The second-order valence-electron chi connectivity index (χ2n) is 4.74. The van der Waals surface area contributed by atoms with Gasteiger partial charge in [-0.05, 0) is 31.2 Å². The number of aromatic carboxylic acids is 1. The van der Waals surface area contributed by atoms with Crippen molar-refractivity contribution in [3.63, 3.8) is 0 Å². The first kappa shape index (κ1) is 16.9. The number of hydrogen-bond donors (Lipinski definition) is 1. The number of nitrogens with zero attached hydrogens (tertiary/aromatic N) is 1. The van der Waals surface area contributed by atoms with E-state index in [2.05, 4.69) is 0 Å². The number of carbonyl (C=O) groups excluding carboxylic acids is 1. The third-order valence-corrected chi connectivity index (χ3v) is 3.00. The van der Waals surface area contributed by atoms with Crippen molar-refractivity contribution in [3.05, 3.63) is 64.2 Å². The first-order valence-electron chi connectivity index (χ1n) is 6.83. The number of nitro groups is 1. The summed E-state index contributed by atoms with van der Waals surface area (Å²) in [5.74, 6) is -1.99. The molecule has 0 saturated carbocycles. The maximum Gasteiger partial charge on any atom is 0.352 e. The second kappa shape index (κ2) is 7.23. The molecule has 0 fully saturated rings. The van der Waals surface area contributed by atoms with Crippen molar-refractivity contribution >= 4 is 17.6 Å². The van der Waals surface area contributed by atoms with Gasteiger partial charge in [0.05, 0.1) is 10.5 Å². The predicted molar refractivity (Wildman–Crippen MR) is 82.2 cm³/mol. The molecule has 1 N–H and O–H groups in total. The minimum Gasteiger partial charge on any atom is -0.478 e. The lowest BCUT2D eigenvalue weighted by molar-refractivity contribution is -0.386. The molecule has 8 nitrogen and oxygen atoms in total. The largest absolute Gasteiger partial charge is 0.478 e. The summed E-state index contributed by atoms with van der Waals surface area (Å²) < 4.78 is 10.3. The molecular formula is C16H13NO7. The predicted octanol–water partition coefficient (Wildman–Crippen LogP) is 2.67. The number of para-hydroxylation sites is 2. The average molecular weight is 331 g/mol. The third kappa shape index (κ3) is 4.07. The molecule has 2 rings (SSSR count). The monoisotopic (exact) mass is 331 g/mol. The Bertz CT molecular complexity index is 788. The number of nitro benzene ring substituents is 1. The molecule has 2 aromatic carbocycles. The number of ether oxygens (including phenoxy) is 2. The van der Waals surface area contributed by atoms with Crippen LogP contribution in [-0.2, 0) is 4.79 Å². The minimum absolute atomic E-state index is 0.0347. The summed E-state index contributed by atoms with van der Waals surface area (Å²) in [5.41, 5.74) is -0.308. The van der Waals surface area contributed by atoms with E-state index >= 15 is 0 Å². The van der Waals surface area contributed by atoms with E-state index in [9.17, 15) is 19.7 Å². The van der Waals surface area contributed by atoms with Gasteiger partial charge in [-0.1, -0.05) is 18.2 Å². The van der Waals surface area contributed by atoms with Crippen molar-refractivity contribution in [1.82, 2.24) is 0 Å². The number of carbonyl (C=O) groups is 2. The summed E-state index contributed by atoms with van der Waals surface area (Å²) in [4.78, 5) is 33.2. The van der Waals surface area contributed by atoms with Gasteiger partial charge in [-0.2, -0.15) is 0 Å². The maximum atomic E-state index is 12.0. The summed E-state index contributed by atoms with van der Waals surface area (Å²) >= 11 is 0. The summed E-state index contributed by atoms with van der Waals surface area (Å²) in [6.45, 7) is 1.38. The Labute approximate surface area is 136 Å². The van der Waals surface area contributed by atoms with Crippen molar-refractivity contribution in [2.24, 2.45) is 0 Å². The van der Waals surface area contributed by atoms with Crippen LogP contribution in [0.4, 0.5) is 5.69 Å². The normalized spacial score (nSPS) is 11.4. The van der Waals surface area contributed by atoms with E-state index in [4.69, 9.17) is 14.6 Å². The molecule has 0 aliphatic carbocycles. The summed E-state index contributed by atoms with van der Waals surface area (Å²) in [6, 6.07) is 11.0. The zero-order valence-electron chi connectivity index (χ0n) is 12.5. The second-order valence-corrected chi connectivity index (χ2v) is 4.74. The van der Waals surface area contributed by atoms with Crippen LogP contribution in [0.1, 0.15) is 17.3 Å². The van der Waals surface area contributed by atoms with Crippen LogP contribution in [0, 0.1) is 10.1 Å². The molecule has 2 aromatic rings. The molecule has 1 unspecified atom stereocenters. The van der Waals surface area contributed by atoms with Gasteiger partial charge in [0.2, 0.25) is 0 Å². The van der Waals surface area contributed by atoms with E-state index in [1.165, 1.54) is 55.5 Å². The average Bonchev–Trinajstić information content (AvgIpc) is 2.55. The minimum atomic E-state index is -1.16. The summed E-state index contributed by atoms with van der Waals surface area (Å²) in [6.07, 6.45) is -1.13. The fourth-order valence-electron chi connectivity index (χ4n) is 1.84. The molecule has 0 saturated heterocycles. The van der Waals surface area contributed by atoms with Gasteiger partial charge in [-0.25, -0.2) is 9.59 Å². The van der Waals surface area contributed by atoms with Crippen LogP contribution >= 0.6 is 0 Å². The summed E-state index contributed by atoms with van der Waals surface area (Å²) in [7, 11) is 0. The Morgan fingerprint density at radius 1 is 1.17 bits per heavy atom. The van der Waals surface area contributed by atoms with Crippen LogP contribution in [0.25, 0.3) is 0 Å². The zero-order chi connectivity index (χ0) is 17.7. The lowest BCUT2D eigenvalue weighted by atomic mass is 10.2. The molecule has 1 atom stereocenters. The summed E-state index contributed by atoms with van der Waals surface area (Å²) in [5, 5.41) is 19.8. The Hall–Kier alpha value is -3.42. The molecule has 124 valence electrons. The number of benzene rings is 2. The van der Waals surface area contributed by atoms with Gasteiger partial charge in [0.15, 0.2) is 11.9 Å². The van der Waals surface area contributed by atoms with Crippen molar-refractivity contribution < 1.29 is 29.1 Å². The van der Waals surface area contributed by atoms with E-state index in [-0.39, 0.29) is 22.7 Å². The lowest BCUT2D eigenvalue weighted by Gasteiger charge is -2.14. The molecular weight excluding hydrogens is 318 g/mol. The van der Waals surface area contributed by atoms with Crippen molar-refractivity contribution in [2.75, 3.05) is 0 Å². The SMILES string of the molecule is CC(Oc1ccccc1[N+](=O)[O-])C(=O)Oc1cccc(C(=O)O)c1. The maximum absolute atomic E-state index is 12.0. The molecule has 8 heteroatoms. The third-order valence-electron chi connectivity index (χ3n) is 3.00. The van der Waals surface area contributed by atoms with Crippen molar-refractivity contribution in [2.45, 2.75) is 13.0 Å². The molecule has 0 heterocycles. The quantitative estimate of drug-likeness (QED) is 0.374. The molecule has 0 aliphatic rings. The van der Waals surface area contributed by atoms with Crippen LogP contribution in [0.15, 0.2) is 48.5 Å². The Balaban J connectivity index is 2.09. The van der Waals surface area contributed by atoms with E-state index in [1.807, 2.05) is 0 Å². The Morgan fingerprint density at radius 3 is 2.54 bits per heavy atom. The van der Waals surface area contributed by atoms with Gasteiger partial charge in [0.1, 0.15) is 5.75 Å². The Kier molecular flexibility index (Phi) is 5.10. The smallest absolute Gasteiger partial charge is 0.352 e. The molecule has 0 aliphatic heterocycles. The number of esters is 1. The number of rotatable bonds is 6. The molecule has 0 aromatic heterocycles. The van der Waals surface area contributed by atoms with Crippen LogP contribution in [0.2, 0.25) is 0 Å². The van der Waals surface area contributed by atoms with Gasteiger partial charge in [-0.15, -0.1) is 0 Å². The molecule has 0 amide bonds. The van der Waals surface area contributed by atoms with E-state index in [1.54, 1.807) is 0 Å². The lowest BCUT2D eigenvalue weighted by Crippen LogP contribution is -2.28. The van der Waals surface area contributed by atoms with Crippen LogP contribution < -0.4 is 9.47 Å². The van der Waals surface area contributed by atoms with Gasteiger partial charge in [0, 0.05) is 6.07 Å². The highest BCUT2D eigenvalue weighted by atomic mass is 16.6. The first-order chi connectivity index (χ1) is 11.4. The van der Waals surface area contributed by atoms with Crippen molar-refractivity contribution in [3.8, 4) is 11.5 Å². The molecule has 0 spiro atoms. The van der Waals surface area contributed by atoms with Gasteiger partial charge in [0.25, 0.3) is 0 Å². The van der Waals surface area contributed by atoms with Gasteiger partial charge >= 0.3 is 17.6 Å². The molecule has 24 heavy (non-hydrogen) atoms.